The number of amides is 1. The summed E-state index contributed by atoms with van der Waals surface area (Å²) in [5, 5.41) is 0. The molecule has 1 aliphatic rings. The molecule has 25 heavy (non-hydrogen) atoms. The number of carbonyl (C=O) groups is 1. The van der Waals surface area contributed by atoms with Gasteiger partial charge in [-0.15, -0.1) is 0 Å². The van der Waals surface area contributed by atoms with Gasteiger partial charge >= 0.3 is 11.8 Å². The maximum atomic E-state index is 12.5. The zero-order valence-corrected chi connectivity index (χ0v) is 16.6. The Kier molecular flexibility index (Phi) is 4.70. The first-order valence-electron chi connectivity index (χ1n) is 8.56. The summed E-state index contributed by atoms with van der Waals surface area (Å²) >= 11 is 3.48. The van der Waals surface area contributed by atoms with Crippen molar-refractivity contribution in [2.24, 2.45) is 0 Å². The minimum absolute atomic E-state index is 0.0117. The van der Waals surface area contributed by atoms with Crippen LogP contribution < -0.4 is 5.69 Å². The number of nitrogens with zero attached hydrogens (tertiary/aromatic N) is 2. The average Bonchev–Trinajstić information content (AvgIpc) is 2.83. The van der Waals surface area contributed by atoms with E-state index >= 15 is 0 Å². The molecule has 2 atom stereocenters. The summed E-state index contributed by atoms with van der Waals surface area (Å²) in [6.45, 7) is 8.18. The van der Waals surface area contributed by atoms with Gasteiger partial charge in [0, 0.05) is 23.1 Å². The molecule has 1 saturated heterocycles. The van der Waals surface area contributed by atoms with E-state index < -0.39 is 5.60 Å². The molecule has 1 N–H and O–H groups in total. The maximum absolute atomic E-state index is 12.5. The number of halogens is 1. The third-order valence-corrected chi connectivity index (χ3v) is 5.20. The Morgan fingerprint density at radius 2 is 2.08 bits per heavy atom. The van der Waals surface area contributed by atoms with Gasteiger partial charge in [0.1, 0.15) is 5.60 Å². The predicted molar refractivity (Wildman–Crippen MR) is 101 cm³/mol. The van der Waals surface area contributed by atoms with Crippen LogP contribution in [0.4, 0.5) is 4.79 Å². The molecule has 1 aliphatic heterocycles. The van der Waals surface area contributed by atoms with Crippen LogP contribution in [0.5, 0.6) is 0 Å². The molecule has 7 heteroatoms. The van der Waals surface area contributed by atoms with Crippen molar-refractivity contribution in [2.75, 3.05) is 6.54 Å². The van der Waals surface area contributed by atoms with E-state index in [1.807, 2.05) is 50.5 Å². The van der Waals surface area contributed by atoms with E-state index in [1.54, 1.807) is 4.90 Å². The molecule has 1 aromatic heterocycles. The summed E-state index contributed by atoms with van der Waals surface area (Å²) in [6, 6.07) is 5.86. The first-order valence-corrected chi connectivity index (χ1v) is 9.35. The molecule has 2 heterocycles. The van der Waals surface area contributed by atoms with E-state index in [0.29, 0.717) is 6.54 Å². The fourth-order valence-corrected chi connectivity index (χ4v) is 3.90. The first-order chi connectivity index (χ1) is 11.7. The van der Waals surface area contributed by atoms with Crippen molar-refractivity contribution in [3.63, 3.8) is 0 Å². The number of hydrogen-bond donors (Lipinski definition) is 1. The number of aromatic amines is 1. The van der Waals surface area contributed by atoms with Crippen molar-refractivity contribution in [3.05, 3.63) is 33.2 Å². The molecule has 0 spiro atoms. The number of fused-ring (bicyclic) bond motifs is 1. The first kappa shape index (κ1) is 18.0. The lowest BCUT2D eigenvalue weighted by Gasteiger charge is -2.38. The number of H-pyrrole nitrogens is 1. The predicted octanol–water partition coefficient (Wildman–Crippen LogP) is 4.05. The monoisotopic (exact) mass is 409 g/mol. The van der Waals surface area contributed by atoms with Crippen molar-refractivity contribution in [2.45, 2.75) is 58.2 Å². The Hall–Kier alpha value is -1.76. The second kappa shape index (κ2) is 6.52. The van der Waals surface area contributed by atoms with Gasteiger partial charge in [-0.1, -0.05) is 6.07 Å². The molecule has 0 aliphatic carbocycles. The fourth-order valence-electron chi connectivity index (χ4n) is 3.45. The highest BCUT2D eigenvalue weighted by molar-refractivity contribution is 9.10. The van der Waals surface area contributed by atoms with Crippen LogP contribution in [0, 0.1) is 0 Å². The van der Waals surface area contributed by atoms with Crippen LogP contribution in [0.3, 0.4) is 0 Å². The quantitative estimate of drug-likeness (QED) is 0.771. The molecule has 3 rings (SSSR count). The highest BCUT2D eigenvalue weighted by atomic mass is 79.9. The number of para-hydroxylation sites is 1. The number of hydrogen-bond acceptors (Lipinski definition) is 3. The summed E-state index contributed by atoms with van der Waals surface area (Å²) < 4.78 is 8.19. The van der Waals surface area contributed by atoms with Crippen LogP contribution in [0.2, 0.25) is 0 Å². The van der Waals surface area contributed by atoms with Gasteiger partial charge in [-0.05, 0) is 68.6 Å². The highest BCUT2D eigenvalue weighted by Gasteiger charge is 2.33. The van der Waals surface area contributed by atoms with E-state index in [9.17, 15) is 9.59 Å². The van der Waals surface area contributed by atoms with E-state index in [4.69, 9.17) is 4.74 Å². The standard InChI is InChI=1S/C18H24BrN3O3/c1-11-10-12(8-9-21(11)17(24)25-18(2,3)4)22-14-7-5-6-13(19)15(14)20-16(22)23/h5-7,11-12H,8-10H2,1-4H3,(H,20,23). The lowest BCUT2D eigenvalue weighted by atomic mass is 9.98. The van der Waals surface area contributed by atoms with Gasteiger partial charge in [0.05, 0.1) is 11.0 Å². The van der Waals surface area contributed by atoms with Crippen molar-refractivity contribution >= 4 is 33.1 Å². The topological polar surface area (TPSA) is 67.3 Å². The van der Waals surface area contributed by atoms with Gasteiger partial charge in [0.15, 0.2) is 0 Å². The number of carbonyl (C=O) groups excluding carboxylic acids is 1. The second-order valence-corrected chi connectivity index (χ2v) is 8.49. The third kappa shape index (κ3) is 3.61. The van der Waals surface area contributed by atoms with Crippen LogP contribution >= 0.6 is 15.9 Å². The Bertz CT molecular complexity index is 849. The van der Waals surface area contributed by atoms with Crippen LogP contribution in [0.15, 0.2) is 27.5 Å². The summed E-state index contributed by atoms with van der Waals surface area (Å²) in [7, 11) is 0. The van der Waals surface area contributed by atoms with Crippen LogP contribution in [-0.4, -0.2) is 38.7 Å². The number of nitrogens with one attached hydrogen (secondary N) is 1. The van der Waals surface area contributed by atoms with Crippen molar-refractivity contribution in [1.29, 1.82) is 0 Å². The number of benzene rings is 1. The van der Waals surface area contributed by atoms with Gasteiger partial charge in [0.2, 0.25) is 0 Å². The molecule has 1 amide bonds. The normalized spacial score (nSPS) is 21.6. The Labute approximate surface area is 155 Å². The number of imidazole rings is 1. The SMILES string of the molecule is CC1CC(n2c(=O)[nH]c3c(Br)cccc32)CCN1C(=O)OC(C)(C)C. The van der Waals surface area contributed by atoms with Crippen LogP contribution in [0.25, 0.3) is 11.0 Å². The van der Waals surface area contributed by atoms with Crippen molar-refractivity contribution < 1.29 is 9.53 Å². The molecule has 136 valence electrons. The molecule has 2 unspecified atom stereocenters. The fraction of sp³-hybridized carbons (Fsp3) is 0.556. The maximum Gasteiger partial charge on any atom is 0.410 e. The third-order valence-electron chi connectivity index (χ3n) is 4.54. The number of rotatable bonds is 1. The average molecular weight is 410 g/mol. The lowest BCUT2D eigenvalue weighted by Crippen LogP contribution is -2.47. The van der Waals surface area contributed by atoms with Gasteiger partial charge in [-0.2, -0.15) is 0 Å². The molecular formula is C18H24BrN3O3. The van der Waals surface area contributed by atoms with E-state index in [0.717, 1.165) is 28.3 Å². The minimum atomic E-state index is -0.506. The zero-order valence-electron chi connectivity index (χ0n) is 15.0. The van der Waals surface area contributed by atoms with E-state index in [1.165, 1.54) is 0 Å². The van der Waals surface area contributed by atoms with Gasteiger partial charge in [-0.25, -0.2) is 9.59 Å². The van der Waals surface area contributed by atoms with Gasteiger partial charge in [-0.3, -0.25) is 4.57 Å². The van der Waals surface area contributed by atoms with Crippen LogP contribution in [0.1, 0.15) is 46.6 Å². The van der Waals surface area contributed by atoms with E-state index in [-0.39, 0.29) is 23.9 Å². The van der Waals surface area contributed by atoms with Gasteiger partial charge < -0.3 is 14.6 Å². The molecule has 0 bridgehead atoms. The van der Waals surface area contributed by atoms with Crippen molar-refractivity contribution in [1.82, 2.24) is 14.5 Å². The Morgan fingerprint density at radius 3 is 2.72 bits per heavy atom. The van der Waals surface area contributed by atoms with E-state index in [2.05, 4.69) is 20.9 Å². The number of ether oxygens (including phenoxy) is 1. The highest BCUT2D eigenvalue weighted by Crippen LogP contribution is 2.31. The number of piperidine rings is 1. The van der Waals surface area contributed by atoms with Gasteiger partial charge in [0.25, 0.3) is 0 Å². The summed E-state index contributed by atoms with van der Waals surface area (Å²) in [5.74, 6) is 0. The smallest absolute Gasteiger partial charge is 0.410 e. The summed E-state index contributed by atoms with van der Waals surface area (Å²) in [4.78, 5) is 29.5. The van der Waals surface area contributed by atoms with Crippen molar-refractivity contribution in [3.8, 4) is 0 Å². The Balaban J connectivity index is 1.82. The molecule has 2 aromatic rings. The number of likely N-dealkylation sites (tertiary alicyclic amines) is 1. The molecule has 1 aromatic carbocycles. The summed E-state index contributed by atoms with van der Waals surface area (Å²) in [5.41, 5.74) is 1.09. The zero-order chi connectivity index (χ0) is 18.4. The summed E-state index contributed by atoms with van der Waals surface area (Å²) in [6.07, 6.45) is 1.16. The molecule has 0 saturated carbocycles. The Morgan fingerprint density at radius 1 is 1.36 bits per heavy atom. The second-order valence-electron chi connectivity index (χ2n) is 7.64. The molecule has 0 radical (unpaired) electrons. The number of aromatic nitrogens is 2. The van der Waals surface area contributed by atoms with Crippen LogP contribution in [-0.2, 0) is 4.74 Å². The lowest BCUT2D eigenvalue weighted by molar-refractivity contribution is 0.00791. The molecular weight excluding hydrogens is 386 g/mol. The minimum Gasteiger partial charge on any atom is -0.444 e. The molecule has 6 nitrogen and oxygen atoms in total. The molecule has 1 fully saturated rings. The largest absolute Gasteiger partial charge is 0.444 e.